The van der Waals surface area contributed by atoms with Crippen LogP contribution in [0, 0.1) is 0 Å². The molecule has 0 N–H and O–H groups in total. The molecule has 0 unspecified atom stereocenters. The van der Waals surface area contributed by atoms with Crippen molar-refractivity contribution in [1.82, 2.24) is 4.90 Å². The molecule has 0 atom stereocenters. The van der Waals surface area contributed by atoms with Crippen molar-refractivity contribution >= 4 is 21.6 Å². The van der Waals surface area contributed by atoms with Gasteiger partial charge in [0.25, 0.3) is 0 Å². The molecule has 0 spiro atoms. The summed E-state index contributed by atoms with van der Waals surface area (Å²) in [6, 6.07) is 12.5. The van der Waals surface area contributed by atoms with Gasteiger partial charge in [-0.3, -0.25) is 4.90 Å². The zero-order valence-corrected chi connectivity index (χ0v) is 17.8. The molecule has 1 heterocycles. The monoisotopic (exact) mass is 434 g/mol. The third kappa shape index (κ3) is 4.87. The lowest BCUT2D eigenvalue weighted by molar-refractivity contribution is 0.284. The van der Waals surface area contributed by atoms with Gasteiger partial charge in [0.2, 0.25) is 0 Å². The van der Waals surface area contributed by atoms with E-state index in [1.807, 2.05) is 6.07 Å². The van der Waals surface area contributed by atoms with Crippen LogP contribution in [0.25, 0.3) is 0 Å². The molecule has 1 saturated heterocycles. The minimum atomic E-state index is 0.771. The van der Waals surface area contributed by atoms with Gasteiger partial charge in [0.15, 0.2) is 11.5 Å². The summed E-state index contributed by atoms with van der Waals surface area (Å²) in [5.41, 5.74) is 2.45. The second-order valence-electron chi connectivity index (χ2n) is 6.62. The van der Waals surface area contributed by atoms with Crippen molar-refractivity contribution in [1.29, 1.82) is 0 Å². The Morgan fingerprint density at radius 3 is 2.33 bits per heavy atom. The minimum Gasteiger partial charge on any atom is -0.495 e. The molecule has 27 heavy (non-hydrogen) atoms. The summed E-state index contributed by atoms with van der Waals surface area (Å²) in [4.78, 5) is 4.93. The zero-order chi connectivity index (χ0) is 19.2. The number of halogens is 1. The van der Waals surface area contributed by atoms with Gasteiger partial charge in [-0.25, -0.2) is 0 Å². The van der Waals surface area contributed by atoms with E-state index in [9.17, 15) is 0 Å². The van der Waals surface area contributed by atoms with Crippen LogP contribution in [0.5, 0.6) is 17.2 Å². The standard InChI is InChI=1S/C21H27BrN2O3/c1-25-19-8-5-16(13-21(19)27-3)15-23-9-4-10-24(12-11-23)17-6-7-18(22)20(14-17)26-2/h5-8,13-14H,4,9-12,15H2,1-3H3. The maximum Gasteiger partial charge on any atom is 0.161 e. The smallest absolute Gasteiger partial charge is 0.161 e. The first-order valence-corrected chi connectivity index (χ1v) is 9.95. The van der Waals surface area contributed by atoms with Crippen LogP contribution in [0.2, 0.25) is 0 Å². The lowest BCUT2D eigenvalue weighted by atomic mass is 10.2. The van der Waals surface area contributed by atoms with Gasteiger partial charge in [0.1, 0.15) is 5.75 Å². The van der Waals surface area contributed by atoms with Crippen molar-refractivity contribution in [2.45, 2.75) is 13.0 Å². The van der Waals surface area contributed by atoms with Crippen LogP contribution in [0.3, 0.4) is 0 Å². The second kappa shape index (κ2) is 9.33. The largest absolute Gasteiger partial charge is 0.495 e. The third-order valence-electron chi connectivity index (χ3n) is 4.94. The normalized spacial score (nSPS) is 15.3. The number of hydrogen-bond donors (Lipinski definition) is 0. The maximum absolute atomic E-state index is 5.44. The SMILES string of the molecule is COc1cc(N2CCCN(Cc3ccc(OC)c(OC)c3)CC2)ccc1Br. The molecule has 1 aliphatic heterocycles. The first-order chi connectivity index (χ1) is 13.1. The molecule has 1 aliphatic rings. The number of rotatable bonds is 6. The molecule has 0 radical (unpaired) electrons. The van der Waals surface area contributed by atoms with E-state index in [4.69, 9.17) is 14.2 Å². The molecule has 0 aliphatic carbocycles. The Bertz CT molecular complexity index is 769. The highest BCUT2D eigenvalue weighted by atomic mass is 79.9. The molecule has 2 aromatic rings. The summed E-state index contributed by atoms with van der Waals surface area (Å²) in [5.74, 6) is 2.43. The van der Waals surface area contributed by atoms with Crippen molar-refractivity contribution in [2.24, 2.45) is 0 Å². The number of hydrogen-bond acceptors (Lipinski definition) is 5. The van der Waals surface area contributed by atoms with Gasteiger partial charge in [-0.2, -0.15) is 0 Å². The third-order valence-corrected chi connectivity index (χ3v) is 5.60. The van der Waals surface area contributed by atoms with E-state index in [1.54, 1.807) is 21.3 Å². The molecule has 0 bridgehead atoms. The van der Waals surface area contributed by atoms with Gasteiger partial charge in [0, 0.05) is 44.5 Å². The lowest BCUT2D eigenvalue weighted by Crippen LogP contribution is -2.30. The summed E-state index contributed by atoms with van der Waals surface area (Å²) < 4.78 is 17.2. The van der Waals surface area contributed by atoms with Crippen molar-refractivity contribution in [3.63, 3.8) is 0 Å². The Hall–Kier alpha value is -1.92. The van der Waals surface area contributed by atoms with Crippen LogP contribution in [-0.4, -0.2) is 52.4 Å². The van der Waals surface area contributed by atoms with Gasteiger partial charge in [-0.1, -0.05) is 6.07 Å². The first-order valence-electron chi connectivity index (χ1n) is 9.16. The number of nitrogens with zero attached hydrogens (tertiary/aromatic N) is 2. The molecule has 5 nitrogen and oxygen atoms in total. The van der Waals surface area contributed by atoms with Gasteiger partial charge < -0.3 is 19.1 Å². The van der Waals surface area contributed by atoms with Crippen LogP contribution < -0.4 is 19.1 Å². The van der Waals surface area contributed by atoms with Crippen LogP contribution in [0.15, 0.2) is 40.9 Å². The highest BCUT2D eigenvalue weighted by Gasteiger charge is 2.17. The summed E-state index contributed by atoms with van der Waals surface area (Å²) in [7, 11) is 5.05. The van der Waals surface area contributed by atoms with Crippen molar-refractivity contribution < 1.29 is 14.2 Å². The van der Waals surface area contributed by atoms with Gasteiger partial charge in [-0.05, 0) is 52.2 Å². The topological polar surface area (TPSA) is 34.2 Å². The summed E-state index contributed by atoms with van der Waals surface area (Å²) in [5, 5.41) is 0. The van der Waals surface area contributed by atoms with Gasteiger partial charge in [-0.15, -0.1) is 0 Å². The Morgan fingerprint density at radius 2 is 1.59 bits per heavy atom. The Morgan fingerprint density at radius 1 is 0.815 bits per heavy atom. The van der Waals surface area contributed by atoms with Crippen molar-refractivity contribution in [3.8, 4) is 17.2 Å². The Labute approximate surface area is 169 Å². The molecule has 146 valence electrons. The van der Waals surface area contributed by atoms with E-state index in [-0.39, 0.29) is 0 Å². The molecule has 0 aromatic heterocycles. The fraction of sp³-hybridized carbons (Fsp3) is 0.429. The van der Waals surface area contributed by atoms with E-state index in [1.165, 1.54) is 11.3 Å². The number of ether oxygens (including phenoxy) is 3. The molecule has 2 aromatic carbocycles. The molecule has 0 amide bonds. The minimum absolute atomic E-state index is 0.771. The first kappa shape index (κ1) is 19.8. The van der Waals surface area contributed by atoms with Crippen LogP contribution >= 0.6 is 15.9 Å². The fourth-order valence-corrected chi connectivity index (χ4v) is 3.88. The highest BCUT2D eigenvalue weighted by Crippen LogP contribution is 2.31. The lowest BCUT2D eigenvalue weighted by Gasteiger charge is -2.24. The number of benzene rings is 2. The fourth-order valence-electron chi connectivity index (χ4n) is 3.47. The predicted molar refractivity (Wildman–Crippen MR) is 112 cm³/mol. The molecule has 0 saturated carbocycles. The molecular formula is C21H27BrN2O3. The average Bonchev–Trinajstić information content (AvgIpc) is 2.94. The predicted octanol–water partition coefficient (Wildman–Crippen LogP) is 4.19. The van der Waals surface area contributed by atoms with Gasteiger partial charge in [0.05, 0.1) is 25.8 Å². The van der Waals surface area contributed by atoms with Crippen LogP contribution in [0.4, 0.5) is 5.69 Å². The van der Waals surface area contributed by atoms with Crippen molar-refractivity contribution in [2.75, 3.05) is 52.4 Å². The Kier molecular flexibility index (Phi) is 6.85. The highest BCUT2D eigenvalue weighted by molar-refractivity contribution is 9.10. The van der Waals surface area contributed by atoms with E-state index < -0.39 is 0 Å². The summed E-state index contributed by atoms with van der Waals surface area (Å²) >= 11 is 3.53. The quantitative estimate of drug-likeness (QED) is 0.680. The summed E-state index contributed by atoms with van der Waals surface area (Å²) in [6.45, 7) is 5.06. The van der Waals surface area contributed by atoms with Crippen molar-refractivity contribution in [3.05, 3.63) is 46.4 Å². The molecule has 6 heteroatoms. The zero-order valence-electron chi connectivity index (χ0n) is 16.2. The number of methoxy groups -OCH3 is 3. The maximum atomic E-state index is 5.44. The average molecular weight is 435 g/mol. The van der Waals surface area contributed by atoms with Gasteiger partial charge >= 0.3 is 0 Å². The van der Waals surface area contributed by atoms with E-state index >= 15 is 0 Å². The second-order valence-corrected chi connectivity index (χ2v) is 7.48. The number of anilines is 1. The molecular weight excluding hydrogens is 408 g/mol. The van der Waals surface area contributed by atoms with E-state index in [0.29, 0.717) is 0 Å². The van der Waals surface area contributed by atoms with Crippen LogP contribution in [-0.2, 0) is 6.54 Å². The Balaban J connectivity index is 1.65. The molecule has 1 fully saturated rings. The molecule has 3 rings (SSSR count). The van der Waals surface area contributed by atoms with Crippen LogP contribution in [0.1, 0.15) is 12.0 Å². The van der Waals surface area contributed by atoms with E-state index in [0.717, 1.165) is 60.9 Å². The van der Waals surface area contributed by atoms with E-state index in [2.05, 4.69) is 56.1 Å². The summed E-state index contributed by atoms with van der Waals surface area (Å²) in [6.07, 6.45) is 1.13.